The Balaban J connectivity index is 1.70. The van der Waals surface area contributed by atoms with E-state index in [4.69, 9.17) is 4.74 Å². The zero-order chi connectivity index (χ0) is 17.5. The number of amides is 1. The van der Waals surface area contributed by atoms with Gasteiger partial charge >= 0.3 is 0 Å². The van der Waals surface area contributed by atoms with E-state index in [0.717, 1.165) is 5.56 Å². The number of carbonyl (C=O) groups is 1. The molecular formula is C20H26FNO2. The smallest absolute Gasteiger partial charge is 0.227 e. The zero-order valence-corrected chi connectivity index (χ0v) is 14.9. The average molecular weight is 331 g/mol. The fourth-order valence-electron chi connectivity index (χ4n) is 3.74. The fraction of sp³-hybridized carbons (Fsp3) is 0.550. The summed E-state index contributed by atoms with van der Waals surface area (Å²) in [6.07, 6.45) is 2.05. The summed E-state index contributed by atoms with van der Waals surface area (Å²) in [6, 6.07) is 6.35. The van der Waals surface area contributed by atoms with Gasteiger partial charge in [-0.25, -0.2) is 4.39 Å². The quantitative estimate of drug-likeness (QED) is 0.785. The Kier molecular flexibility index (Phi) is 4.52. The van der Waals surface area contributed by atoms with Crippen LogP contribution in [0.3, 0.4) is 0 Å². The highest BCUT2D eigenvalue weighted by Crippen LogP contribution is 2.60. The van der Waals surface area contributed by atoms with Crippen LogP contribution in [0, 0.1) is 23.1 Å². The number of rotatable bonds is 3. The molecule has 0 radical (unpaired) electrons. The van der Waals surface area contributed by atoms with Crippen molar-refractivity contribution in [2.24, 2.45) is 17.3 Å². The first-order valence-corrected chi connectivity index (χ1v) is 8.61. The van der Waals surface area contributed by atoms with Crippen LogP contribution in [-0.4, -0.2) is 30.5 Å². The molecule has 0 N–H and O–H groups in total. The summed E-state index contributed by atoms with van der Waals surface area (Å²) >= 11 is 0. The molecule has 1 aliphatic heterocycles. The van der Waals surface area contributed by atoms with Crippen molar-refractivity contribution in [1.82, 2.24) is 4.90 Å². The molecule has 24 heavy (non-hydrogen) atoms. The van der Waals surface area contributed by atoms with Crippen molar-refractivity contribution in [3.63, 3.8) is 0 Å². The number of carbonyl (C=O) groups excluding carboxylic acids is 1. The van der Waals surface area contributed by atoms with Crippen molar-refractivity contribution in [1.29, 1.82) is 0 Å². The number of nitrogens with zero attached hydrogens (tertiary/aromatic N) is 1. The summed E-state index contributed by atoms with van der Waals surface area (Å²) < 4.78 is 18.9. The molecule has 1 saturated heterocycles. The summed E-state index contributed by atoms with van der Waals surface area (Å²) in [6.45, 7) is 10.2. The maximum Gasteiger partial charge on any atom is 0.227 e. The lowest BCUT2D eigenvalue weighted by Crippen LogP contribution is -2.43. The summed E-state index contributed by atoms with van der Waals surface area (Å²) in [5.41, 5.74) is 2.21. The Bertz CT molecular complexity index is 646. The van der Waals surface area contributed by atoms with Crippen LogP contribution in [0.5, 0.6) is 0 Å². The maximum atomic E-state index is 13.1. The molecule has 1 heterocycles. The van der Waals surface area contributed by atoms with Gasteiger partial charge in [0, 0.05) is 6.54 Å². The Morgan fingerprint density at radius 3 is 2.58 bits per heavy atom. The van der Waals surface area contributed by atoms with E-state index in [-0.39, 0.29) is 29.2 Å². The highest BCUT2D eigenvalue weighted by atomic mass is 19.1. The SMILES string of the molecule is CC(C)=C[C@@H]1[C@@H](C(=O)N2CCO[C@@H](c3ccc(F)cc3)C2)C1(C)C. The van der Waals surface area contributed by atoms with Crippen molar-refractivity contribution in [3.8, 4) is 0 Å². The van der Waals surface area contributed by atoms with Crippen LogP contribution in [0.2, 0.25) is 0 Å². The first-order chi connectivity index (χ1) is 11.3. The number of hydrogen-bond donors (Lipinski definition) is 0. The second-order valence-electron chi connectivity index (χ2n) is 7.76. The van der Waals surface area contributed by atoms with Crippen molar-refractivity contribution in [3.05, 3.63) is 47.3 Å². The lowest BCUT2D eigenvalue weighted by molar-refractivity contribution is -0.141. The number of halogens is 1. The first kappa shape index (κ1) is 17.2. The third-order valence-corrected chi connectivity index (χ3v) is 5.31. The molecule has 3 atom stereocenters. The molecule has 1 saturated carbocycles. The van der Waals surface area contributed by atoms with Gasteiger partial charge in [-0.2, -0.15) is 0 Å². The van der Waals surface area contributed by atoms with Crippen LogP contribution >= 0.6 is 0 Å². The van der Waals surface area contributed by atoms with Crippen LogP contribution in [0.15, 0.2) is 35.9 Å². The van der Waals surface area contributed by atoms with E-state index in [2.05, 4.69) is 33.8 Å². The molecule has 1 aromatic carbocycles. The van der Waals surface area contributed by atoms with Gasteiger partial charge in [-0.05, 0) is 42.9 Å². The Hall–Kier alpha value is -1.68. The van der Waals surface area contributed by atoms with Gasteiger partial charge in [0.25, 0.3) is 0 Å². The van der Waals surface area contributed by atoms with E-state index >= 15 is 0 Å². The number of hydrogen-bond acceptors (Lipinski definition) is 2. The maximum absolute atomic E-state index is 13.1. The first-order valence-electron chi connectivity index (χ1n) is 8.61. The average Bonchev–Trinajstić information content (AvgIpc) is 3.07. The topological polar surface area (TPSA) is 29.5 Å². The highest BCUT2D eigenvalue weighted by molar-refractivity contribution is 5.84. The second kappa shape index (κ2) is 6.32. The van der Waals surface area contributed by atoms with Gasteiger partial charge in [0.15, 0.2) is 0 Å². The molecule has 0 spiro atoms. The summed E-state index contributed by atoms with van der Waals surface area (Å²) in [5, 5.41) is 0. The van der Waals surface area contributed by atoms with Gasteiger partial charge in [0.1, 0.15) is 11.9 Å². The van der Waals surface area contributed by atoms with Crippen molar-refractivity contribution < 1.29 is 13.9 Å². The minimum Gasteiger partial charge on any atom is -0.370 e. The minimum atomic E-state index is -0.258. The van der Waals surface area contributed by atoms with Gasteiger partial charge in [0.2, 0.25) is 5.91 Å². The van der Waals surface area contributed by atoms with Crippen LogP contribution in [0.25, 0.3) is 0 Å². The number of morpholine rings is 1. The molecule has 0 unspecified atom stereocenters. The molecule has 1 aromatic rings. The van der Waals surface area contributed by atoms with Crippen molar-refractivity contribution in [2.45, 2.75) is 33.8 Å². The molecule has 1 amide bonds. The normalized spacial score (nSPS) is 28.4. The molecule has 4 heteroatoms. The Morgan fingerprint density at radius 2 is 1.96 bits per heavy atom. The summed E-state index contributed by atoms with van der Waals surface area (Å²) in [5.74, 6) is 0.339. The molecule has 2 fully saturated rings. The zero-order valence-electron chi connectivity index (χ0n) is 14.9. The van der Waals surface area contributed by atoms with Crippen LogP contribution in [0.1, 0.15) is 39.4 Å². The van der Waals surface area contributed by atoms with E-state index in [1.54, 1.807) is 12.1 Å². The monoisotopic (exact) mass is 331 g/mol. The largest absolute Gasteiger partial charge is 0.370 e. The molecule has 130 valence electrons. The Labute approximate surface area is 143 Å². The van der Waals surface area contributed by atoms with E-state index in [0.29, 0.717) is 25.6 Å². The third-order valence-electron chi connectivity index (χ3n) is 5.31. The van der Waals surface area contributed by atoms with Crippen LogP contribution in [-0.2, 0) is 9.53 Å². The fourth-order valence-corrected chi connectivity index (χ4v) is 3.74. The van der Waals surface area contributed by atoms with Gasteiger partial charge in [-0.15, -0.1) is 0 Å². The van der Waals surface area contributed by atoms with E-state index in [1.165, 1.54) is 17.7 Å². The molecule has 3 nitrogen and oxygen atoms in total. The number of allylic oxidation sites excluding steroid dienone is 2. The Morgan fingerprint density at radius 1 is 1.29 bits per heavy atom. The van der Waals surface area contributed by atoms with Crippen molar-refractivity contribution in [2.75, 3.05) is 19.7 Å². The molecule has 0 aromatic heterocycles. The minimum absolute atomic E-state index is 0.0258. The van der Waals surface area contributed by atoms with E-state index < -0.39 is 0 Å². The molecule has 3 rings (SSSR count). The lowest BCUT2D eigenvalue weighted by Gasteiger charge is -2.33. The molecule has 2 aliphatic rings. The van der Waals surface area contributed by atoms with Gasteiger partial charge in [-0.1, -0.05) is 37.6 Å². The third kappa shape index (κ3) is 3.25. The standard InChI is InChI=1S/C20H26FNO2/c1-13(2)11-16-18(20(16,3)4)19(23)22-9-10-24-17(12-22)14-5-7-15(21)8-6-14/h5-8,11,16-18H,9-10,12H2,1-4H3/t16-,17-,18+/m1/s1. The van der Waals surface area contributed by atoms with Crippen LogP contribution < -0.4 is 0 Å². The van der Waals surface area contributed by atoms with Gasteiger partial charge in [-0.3, -0.25) is 4.79 Å². The predicted octanol–water partition coefficient (Wildman–Crippen LogP) is 3.96. The second-order valence-corrected chi connectivity index (χ2v) is 7.76. The summed E-state index contributed by atoms with van der Waals surface area (Å²) in [4.78, 5) is 14.9. The number of benzene rings is 1. The highest BCUT2D eigenvalue weighted by Gasteiger charge is 2.61. The molecular weight excluding hydrogens is 305 g/mol. The van der Waals surface area contributed by atoms with E-state index in [1.807, 2.05) is 4.90 Å². The lowest BCUT2D eigenvalue weighted by atomic mass is 10.1. The number of ether oxygens (including phenoxy) is 1. The van der Waals surface area contributed by atoms with Crippen molar-refractivity contribution >= 4 is 5.91 Å². The molecule has 0 bridgehead atoms. The van der Waals surface area contributed by atoms with Gasteiger partial charge in [0.05, 0.1) is 19.1 Å². The van der Waals surface area contributed by atoms with Crippen LogP contribution in [0.4, 0.5) is 4.39 Å². The molecule has 1 aliphatic carbocycles. The predicted molar refractivity (Wildman–Crippen MR) is 91.9 cm³/mol. The van der Waals surface area contributed by atoms with E-state index in [9.17, 15) is 9.18 Å². The van der Waals surface area contributed by atoms with Gasteiger partial charge < -0.3 is 9.64 Å². The summed E-state index contributed by atoms with van der Waals surface area (Å²) in [7, 11) is 0.